The Morgan fingerprint density at radius 3 is 2.73 bits per heavy atom. The second-order valence-electron chi connectivity index (χ2n) is 7.59. The van der Waals surface area contributed by atoms with E-state index in [4.69, 9.17) is 4.74 Å². The SMILES string of the molecule is CN=C(NCC1CCCN(C)C1)N1CC(C)OC(c2ccc(F)cc2)C1. The average molecular weight is 362 g/mol. The van der Waals surface area contributed by atoms with E-state index in [0.29, 0.717) is 5.92 Å². The van der Waals surface area contributed by atoms with E-state index < -0.39 is 0 Å². The summed E-state index contributed by atoms with van der Waals surface area (Å²) in [6, 6.07) is 6.61. The van der Waals surface area contributed by atoms with Crippen molar-refractivity contribution in [1.82, 2.24) is 15.1 Å². The maximum Gasteiger partial charge on any atom is 0.193 e. The highest BCUT2D eigenvalue weighted by atomic mass is 19.1. The molecule has 0 aromatic heterocycles. The van der Waals surface area contributed by atoms with Gasteiger partial charge in [-0.3, -0.25) is 4.99 Å². The van der Waals surface area contributed by atoms with E-state index in [1.54, 1.807) is 0 Å². The van der Waals surface area contributed by atoms with Gasteiger partial charge >= 0.3 is 0 Å². The molecule has 0 spiro atoms. The third kappa shape index (κ3) is 4.95. The third-order valence-corrected chi connectivity index (χ3v) is 5.28. The molecule has 3 atom stereocenters. The molecule has 2 saturated heterocycles. The van der Waals surface area contributed by atoms with Gasteiger partial charge in [-0.15, -0.1) is 0 Å². The minimum Gasteiger partial charge on any atom is -0.367 e. The fraction of sp³-hybridized carbons (Fsp3) is 0.650. The van der Waals surface area contributed by atoms with Crippen LogP contribution in [0.5, 0.6) is 0 Å². The molecular weight excluding hydrogens is 331 g/mol. The summed E-state index contributed by atoms with van der Waals surface area (Å²) in [7, 11) is 4.03. The van der Waals surface area contributed by atoms with Gasteiger partial charge in [0.2, 0.25) is 0 Å². The Balaban J connectivity index is 1.61. The normalized spacial score (nSPS) is 28.2. The molecule has 6 heteroatoms. The molecule has 2 heterocycles. The molecule has 1 N–H and O–H groups in total. The van der Waals surface area contributed by atoms with Crippen LogP contribution in [0.1, 0.15) is 31.4 Å². The van der Waals surface area contributed by atoms with Crippen molar-refractivity contribution in [3.63, 3.8) is 0 Å². The Kier molecular flexibility index (Phi) is 6.48. The van der Waals surface area contributed by atoms with Gasteiger partial charge in [-0.25, -0.2) is 4.39 Å². The van der Waals surface area contributed by atoms with E-state index in [2.05, 4.69) is 34.1 Å². The van der Waals surface area contributed by atoms with Crippen LogP contribution in [-0.4, -0.2) is 68.7 Å². The lowest BCUT2D eigenvalue weighted by molar-refractivity contribution is -0.0605. The Bertz CT molecular complexity index is 606. The highest BCUT2D eigenvalue weighted by Crippen LogP contribution is 2.25. The predicted octanol–water partition coefficient (Wildman–Crippen LogP) is 2.50. The summed E-state index contributed by atoms with van der Waals surface area (Å²) in [5.41, 5.74) is 1.01. The first kappa shape index (κ1) is 19.1. The van der Waals surface area contributed by atoms with Crippen molar-refractivity contribution in [1.29, 1.82) is 0 Å². The van der Waals surface area contributed by atoms with Gasteiger partial charge in [-0.05, 0) is 57.0 Å². The van der Waals surface area contributed by atoms with Gasteiger partial charge in [0.25, 0.3) is 0 Å². The number of morpholine rings is 1. The van der Waals surface area contributed by atoms with Gasteiger partial charge in [0.15, 0.2) is 5.96 Å². The summed E-state index contributed by atoms with van der Waals surface area (Å²) < 4.78 is 19.3. The van der Waals surface area contributed by atoms with Crippen LogP contribution < -0.4 is 5.32 Å². The van der Waals surface area contributed by atoms with Crippen molar-refractivity contribution in [3.8, 4) is 0 Å². The van der Waals surface area contributed by atoms with Gasteiger partial charge in [0.05, 0.1) is 12.6 Å². The smallest absolute Gasteiger partial charge is 0.193 e. The zero-order valence-electron chi connectivity index (χ0n) is 16.1. The monoisotopic (exact) mass is 362 g/mol. The second kappa shape index (κ2) is 8.82. The minimum absolute atomic E-state index is 0.0706. The molecule has 2 fully saturated rings. The number of nitrogens with zero attached hydrogens (tertiary/aromatic N) is 3. The van der Waals surface area contributed by atoms with E-state index in [0.717, 1.165) is 37.7 Å². The molecule has 5 nitrogen and oxygen atoms in total. The molecule has 1 aromatic rings. The highest BCUT2D eigenvalue weighted by molar-refractivity contribution is 5.80. The number of guanidine groups is 1. The van der Waals surface area contributed by atoms with E-state index in [-0.39, 0.29) is 18.0 Å². The minimum atomic E-state index is -0.218. The van der Waals surface area contributed by atoms with Crippen molar-refractivity contribution in [3.05, 3.63) is 35.6 Å². The number of ether oxygens (including phenoxy) is 1. The number of hydrogen-bond donors (Lipinski definition) is 1. The molecule has 144 valence electrons. The van der Waals surface area contributed by atoms with Gasteiger partial charge in [-0.2, -0.15) is 0 Å². The molecule has 2 aliphatic heterocycles. The summed E-state index contributed by atoms with van der Waals surface area (Å²) in [4.78, 5) is 9.16. The number of aliphatic imine (C=N–C) groups is 1. The zero-order chi connectivity index (χ0) is 18.5. The number of rotatable bonds is 3. The van der Waals surface area contributed by atoms with Crippen LogP contribution in [0.3, 0.4) is 0 Å². The Hall–Kier alpha value is -1.66. The average Bonchev–Trinajstić information content (AvgIpc) is 2.62. The number of piperidine rings is 1. The summed E-state index contributed by atoms with van der Waals surface area (Å²) >= 11 is 0. The number of benzene rings is 1. The standard InChI is InChI=1S/C20H31FN4O/c1-15-12-25(14-19(26-15)17-6-8-18(21)9-7-17)20(22-2)23-11-16-5-4-10-24(3)13-16/h6-9,15-16,19H,4-5,10-14H2,1-3H3,(H,22,23). The molecule has 1 aromatic carbocycles. The summed E-state index contributed by atoms with van der Waals surface area (Å²) in [5.74, 6) is 1.38. The van der Waals surface area contributed by atoms with Gasteiger partial charge < -0.3 is 19.9 Å². The second-order valence-corrected chi connectivity index (χ2v) is 7.59. The largest absolute Gasteiger partial charge is 0.367 e. The molecular formula is C20H31FN4O. The molecule has 3 unspecified atom stereocenters. The van der Waals surface area contributed by atoms with E-state index in [1.807, 2.05) is 19.2 Å². The van der Waals surface area contributed by atoms with Gasteiger partial charge in [0, 0.05) is 26.7 Å². The molecule has 26 heavy (non-hydrogen) atoms. The van der Waals surface area contributed by atoms with E-state index in [9.17, 15) is 4.39 Å². The van der Waals surface area contributed by atoms with E-state index >= 15 is 0 Å². The Morgan fingerprint density at radius 2 is 2.04 bits per heavy atom. The lowest BCUT2D eigenvalue weighted by atomic mass is 9.98. The predicted molar refractivity (Wildman–Crippen MR) is 103 cm³/mol. The van der Waals surface area contributed by atoms with Crippen LogP contribution >= 0.6 is 0 Å². The van der Waals surface area contributed by atoms with Gasteiger partial charge in [0.1, 0.15) is 11.9 Å². The summed E-state index contributed by atoms with van der Waals surface area (Å²) in [6.07, 6.45) is 2.56. The molecule has 2 aliphatic rings. The van der Waals surface area contributed by atoms with Crippen LogP contribution in [0, 0.1) is 11.7 Å². The first-order chi connectivity index (χ1) is 12.5. The maximum absolute atomic E-state index is 13.2. The van der Waals surface area contributed by atoms with Crippen molar-refractivity contribution in [2.24, 2.45) is 10.9 Å². The summed E-state index contributed by atoms with van der Waals surface area (Å²) in [6.45, 7) is 6.89. The van der Waals surface area contributed by atoms with Crippen LogP contribution in [0.4, 0.5) is 4.39 Å². The maximum atomic E-state index is 13.2. The lowest BCUT2D eigenvalue weighted by Crippen LogP contribution is -2.52. The number of nitrogens with one attached hydrogen (secondary N) is 1. The highest BCUT2D eigenvalue weighted by Gasteiger charge is 2.29. The molecule has 0 aliphatic carbocycles. The van der Waals surface area contributed by atoms with Crippen molar-refractivity contribution in [2.75, 3.05) is 46.8 Å². The van der Waals surface area contributed by atoms with Crippen LogP contribution in [0.25, 0.3) is 0 Å². The molecule has 0 radical (unpaired) electrons. The first-order valence-corrected chi connectivity index (χ1v) is 9.60. The fourth-order valence-corrected chi connectivity index (χ4v) is 3.99. The van der Waals surface area contributed by atoms with Crippen molar-refractivity contribution < 1.29 is 9.13 Å². The molecule has 0 amide bonds. The van der Waals surface area contributed by atoms with Crippen LogP contribution in [0.2, 0.25) is 0 Å². The number of halogens is 1. The quantitative estimate of drug-likeness (QED) is 0.663. The lowest BCUT2D eigenvalue weighted by Gasteiger charge is -2.39. The van der Waals surface area contributed by atoms with Crippen molar-refractivity contribution in [2.45, 2.75) is 32.0 Å². The first-order valence-electron chi connectivity index (χ1n) is 9.60. The Labute approximate surface area is 156 Å². The van der Waals surface area contributed by atoms with Crippen LogP contribution in [-0.2, 0) is 4.74 Å². The number of hydrogen-bond acceptors (Lipinski definition) is 3. The summed E-state index contributed by atoms with van der Waals surface area (Å²) in [5, 5.41) is 3.56. The molecule has 0 bridgehead atoms. The number of likely N-dealkylation sites (tertiary alicyclic amines) is 1. The van der Waals surface area contributed by atoms with E-state index in [1.165, 1.54) is 31.5 Å². The van der Waals surface area contributed by atoms with Gasteiger partial charge in [-0.1, -0.05) is 12.1 Å². The topological polar surface area (TPSA) is 40.1 Å². The fourth-order valence-electron chi connectivity index (χ4n) is 3.99. The molecule has 3 rings (SSSR count). The molecule has 0 saturated carbocycles. The Morgan fingerprint density at radius 1 is 1.27 bits per heavy atom. The zero-order valence-corrected chi connectivity index (χ0v) is 16.1. The van der Waals surface area contributed by atoms with Crippen molar-refractivity contribution >= 4 is 5.96 Å². The third-order valence-electron chi connectivity index (χ3n) is 5.28. The van der Waals surface area contributed by atoms with Crippen LogP contribution in [0.15, 0.2) is 29.3 Å².